The fraction of sp³-hybridized carbons (Fsp3) is 0.824. The van der Waals surface area contributed by atoms with E-state index in [0.29, 0.717) is 6.61 Å². The fourth-order valence-corrected chi connectivity index (χ4v) is 2.83. The van der Waals surface area contributed by atoms with Crippen molar-refractivity contribution in [3.8, 4) is 6.01 Å². The van der Waals surface area contributed by atoms with Crippen LogP contribution in [0.3, 0.4) is 0 Å². The molecule has 132 valence electrons. The maximum absolute atomic E-state index is 5.68. The molecule has 0 unspecified atom stereocenters. The molecule has 0 saturated carbocycles. The molecular weight excluding hydrogens is 333 g/mol. The lowest BCUT2D eigenvalue weighted by Crippen LogP contribution is -2.02. The first kappa shape index (κ1) is 20.4. The number of aromatic nitrogens is 3. The molecule has 0 amide bonds. The van der Waals surface area contributed by atoms with Gasteiger partial charge in [-0.3, -0.25) is 0 Å². The first-order valence-corrected chi connectivity index (χ1v) is 9.68. The molecule has 0 aromatic carbocycles. The molecule has 1 aromatic rings. The van der Waals surface area contributed by atoms with Crippen LogP contribution < -0.4 is 4.74 Å². The average molecular weight is 362 g/mol. The number of nitrogens with zero attached hydrogens (tertiary/aromatic N) is 3. The van der Waals surface area contributed by atoms with Gasteiger partial charge in [0, 0.05) is 0 Å². The van der Waals surface area contributed by atoms with Crippen LogP contribution in [-0.4, -0.2) is 21.6 Å². The normalized spacial score (nSPS) is 10.9. The van der Waals surface area contributed by atoms with E-state index in [0.717, 1.165) is 6.42 Å². The van der Waals surface area contributed by atoms with E-state index in [-0.39, 0.29) is 16.6 Å². The summed E-state index contributed by atoms with van der Waals surface area (Å²) in [6.07, 6.45) is 15.8. The molecule has 0 aliphatic carbocycles. The molecule has 1 aromatic heterocycles. The molecule has 0 radical (unpaired) electrons. The van der Waals surface area contributed by atoms with Crippen LogP contribution in [0.15, 0.2) is 0 Å². The number of rotatable bonds is 14. The van der Waals surface area contributed by atoms with Gasteiger partial charge in [-0.05, 0) is 29.6 Å². The predicted octanol–water partition coefficient (Wildman–Crippen LogP) is 6.26. The second-order valence-electron chi connectivity index (χ2n) is 5.89. The molecule has 1 heterocycles. The molecule has 0 fully saturated rings. The molecular formula is C17H29Cl2N3O. The van der Waals surface area contributed by atoms with Gasteiger partial charge in [0.2, 0.25) is 10.6 Å². The highest BCUT2D eigenvalue weighted by molar-refractivity contribution is 6.31. The van der Waals surface area contributed by atoms with Crippen molar-refractivity contribution in [1.29, 1.82) is 0 Å². The van der Waals surface area contributed by atoms with Crippen molar-refractivity contribution in [2.45, 2.75) is 84.0 Å². The molecule has 0 N–H and O–H groups in total. The van der Waals surface area contributed by atoms with Crippen molar-refractivity contribution in [2.24, 2.45) is 0 Å². The number of unbranched alkanes of at least 4 members (excludes halogenated alkanes) is 11. The monoisotopic (exact) mass is 361 g/mol. The van der Waals surface area contributed by atoms with Gasteiger partial charge in [-0.2, -0.15) is 15.0 Å². The second kappa shape index (κ2) is 13.8. The summed E-state index contributed by atoms with van der Waals surface area (Å²) < 4.78 is 5.43. The molecule has 0 bridgehead atoms. The smallest absolute Gasteiger partial charge is 0.322 e. The van der Waals surface area contributed by atoms with Crippen LogP contribution in [0, 0.1) is 0 Å². The Hall–Kier alpha value is -0.610. The highest BCUT2D eigenvalue weighted by Gasteiger charge is 2.03. The van der Waals surface area contributed by atoms with Gasteiger partial charge in [0.15, 0.2) is 0 Å². The summed E-state index contributed by atoms with van der Waals surface area (Å²) in [5.41, 5.74) is 0. The van der Waals surface area contributed by atoms with Gasteiger partial charge in [0.1, 0.15) is 0 Å². The summed E-state index contributed by atoms with van der Waals surface area (Å²) in [5.74, 6) is 0. The average Bonchev–Trinajstić information content (AvgIpc) is 2.51. The van der Waals surface area contributed by atoms with E-state index < -0.39 is 0 Å². The fourth-order valence-electron chi connectivity index (χ4n) is 2.48. The van der Waals surface area contributed by atoms with E-state index in [2.05, 4.69) is 21.9 Å². The van der Waals surface area contributed by atoms with E-state index >= 15 is 0 Å². The minimum atomic E-state index is 0.0645. The molecule has 1 rings (SSSR count). The van der Waals surface area contributed by atoms with Crippen molar-refractivity contribution in [2.75, 3.05) is 6.61 Å². The number of hydrogen-bond donors (Lipinski definition) is 0. The van der Waals surface area contributed by atoms with Crippen LogP contribution in [0.25, 0.3) is 0 Å². The predicted molar refractivity (Wildman–Crippen MR) is 96.4 cm³/mol. The van der Waals surface area contributed by atoms with Crippen molar-refractivity contribution in [1.82, 2.24) is 15.0 Å². The first-order chi connectivity index (χ1) is 11.2. The van der Waals surface area contributed by atoms with Gasteiger partial charge in [0.05, 0.1) is 6.61 Å². The lowest BCUT2D eigenvalue weighted by atomic mass is 10.1. The molecule has 0 saturated heterocycles. The summed E-state index contributed by atoms with van der Waals surface area (Å²) in [6.45, 7) is 2.85. The van der Waals surface area contributed by atoms with Crippen molar-refractivity contribution >= 4 is 23.2 Å². The number of hydrogen-bond acceptors (Lipinski definition) is 4. The summed E-state index contributed by atoms with van der Waals surface area (Å²) >= 11 is 11.4. The summed E-state index contributed by atoms with van der Waals surface area (Å²) in [7, 11) is 0. The summed E-state index contributed by atoms with van der Waals surface area (Å²) in [5, 5.41) is 0.129. The van der Waals surface area contributed by atoms with Gasteiger partial charge in [-0.25, -0.2) is 0 Å². The van der Waals surface area contributed by atoms with Crippen molar-refractivity contribution in [3.63, 3.8) is 0 Å². The Kier molecular flexibility index (Phi) is 12.3. The van der Waals surface area contributed by atoms with Gasteiger partial charge in [0.25, 0.3) is 0 Å². The molecule has 23 heavy (non-hydrogen) atoms. The zero-order valence-electron chi connectivity index (χ0n) is 14.2. The quantitative estimate of drug-likeness (QED) is 0.367. The van der Waals surface area contributed by atoms with E-state index in [1.165, 1.54) is 70.6 Å². The third kappa shape index (κ3) is 11.5. The molecule has 0 aliphatic heterocycles. The van der Waals surface area contributed by atoms with Crippen LogP contribution in [0.2, 0.25) is 10.6 Å². The molecule has 6 heteroatoms. The van der Waals surface area contributed by atoms with Crippen LogP contribution in [0.4, 0.5) is 0 Å². The van der Waals surface area contributed by atoms with E-state index in [1.54, 1.807) is 0 Å². The van der Waals surface area contributed by atoms with Crippen LogP contribution in [-0.2, 0) is 0 Å². The van der Waals surface area contributed by atoms with Gasteiger partial charge in [-0.15, -0.1) is 0 Å². The minimum Gasteiger partial charge on any atom is -0.463 e. The SMILES string of the molecule is CCCCCCCCCCCCCCOc1nc(Cl)nc(Cl)n1. The standard InChI is InChI=1S/C17H29Cl2N3O/c1-2-3-4-5-6-7-8-9-10-11-12-13-14-23-17-21-15(18)20-16(19)22-17/h2-14H2,1H3. The second-order valence-corrected chi connectivity index (χ2v) is 6.57. The highest BCUT2D eigenvalue weighted by Crippen LogP contribution is 2.13. The summed E-state index contributed by atoms with van der Waals surface area (Å²) in [4.78, 5) is 11.4. The Labute approximate surface area is 150 Å². The Morgan fingerprint density at radius 3 is 1.57 bits per heavy atom. The first-order valence-electron chi connectivity index (χ1n) is 8.92. The van der Waals surface area contributed by atoms with Gasteiger partial charge >= 0.3 is 6.01 Å². The Morgan fingerprint density at radius 2 is 1.09 bits per heavy atom. The highest BCUT2D eigenvalue weighted by atomic mass is 35.5. The minimum absolute atomic E-state index is 0.0645. The number of halogens is 2. The van der Waals surface area contributed by atoms with E-state index in [9.17, 15) is 0 Å². The molecule has 4 nitrogen and oxygen atoms in total. The Balaban J connectivity index is 1.86. The Bertz CT molecular complexity index is 399. The van der Waals surface area contributed by atoms with Crippen molar-refractivity contribution in [3.05, 3.63) is 10.6 Å². The summed E-state index contributed by atoms with van der Waals surface area (Å²) in [6, 6.07) is 0.207. The van der Waals surface area contributed by atoms with Gasteiger partial charge < -0.3 is 4.74 Å². The number of ether oxygens (including phenoxy) is 1. The third-order valence-electron chi connectivity index (χ3n) is 3.79. The van der Waals surface area contributed by atoms with Crippen molar-refractivity contribution < 1.29 is 4.74 Å². The molecule has 0 atom stereocenters. The van der Waals surface area contributed by atoms with Gasteiger partial charge in [-0.1, -0.05) is 77.6 Å². The third-order valence-corrected chi connectivity index (χ3v) is 4.13. The Morgan fingerprint density at radius 1 is 0.652 bits per heavy atom. The lowest BCUT2D eigenvalue weighted by molar-refractivity contribution is 0.280. The molecule has 0 aliphatic rings. The largest absolute Gasteiger partial charge is 0.463 e. The van der Waals surface area contributed by atoms with Crippen LogP contribution >= 0.6 is 23.2 Å². The maximum atomic E-state index is 5.68. The van der Waals surface area contributed by atoms with Crippen LogP contribution in [0.1, 0.15) is 84.0 Å². The lowest BCUT2D eigenvalue weighted by Gasteiger charge is -2.05. The zero-order valence-corrected chi connectivity index (χ0v) is 15.7. The topological polar surface area (TPSA) is 47.9 Å². The van der Waals surface area contributed by atoms with E-state index in [1.807, 2.05) is 0 Å². The van der Waals surface area contributed by atoms with E-state index in [4.69, 9.17) is 27.9 Å². The van der Waals surface area contributed by atoms with Crippen LogP contribution in [0.5, 0.6) is 6.01 Å². The zero-order chi connectivity index (χ0) is 16.8. The molecule has 0 spiro atoms. The maximum Gasteiger partial charge on any atom is 0.322 e.